The Bertz CT molecular complexity index is 975. The van der Waals surface area contributed by atoms with Gasteiger partial charge in [0.25, 0.3) is 11.6 Å². The van der Waals surface area contributed by atoms with Gasteiger partial charge in [0.05, 0.1) is 17.1 Å². The van der Waals surface area contributed by atoms with Crippen LogP contribution in [0, 0.1) is 10.1 Å². The quantitative estimate of drug-likeness (QED) is 0.543. The van der Waals surface area contributed by atoms with Gasteiger partial charge in [-0.05, 0) is 30.3 Å². The Kier molecular flexibility index (Phi) is 4.81. The van der Waals surface area contributed by atoms with Crippen molar-refractivity contribution in [2.45, 2.75) is 0 Å². The highest BCUT2D eigenvalue weighted by atomic mass is 35.5. The van der Waals surface area contributed by atoms with E-state index < -0.39 is 10.8 Å². The lowest BCUT2D eigenvalue weighted by Crippen LogP contribution is -2.13. The first-order valence-corrected chi connectivity index (χ1v) is 7.65. The molecule has 9 nitrogen and oxygen atoms in total. The Morgan fingerprint density at radius 3 is 2.73 bits per heavy atom. The van der Waals surface area contributed by atoms with Gasteiger partial charge in [-0.25, -0.2) is 9.67 Å². The molecule has 1 aromatic heterocycles. The number of aromatic nitrogens is 3. The van der Waals surface area contributed by atoms with Crippen molar-refractivity contribution in [2.24, 2.45) is 0 Å². The third-order valence-electron chi connectivity index (χ3n) is 3.51. The first-order chi connectivity index (χ1) is 12.5. The number of halogens is 1. The van der Waals surface area contributed by atoms with Gasteiger partial charge in [-0.1, -0.05) is 11.6 Å². The molecule has 0 aliphatic rings. The van der Waals surface area contributed by atoms with E-state index in [4.69, 9.17) is 16.3 Å². The highest BCUT2D eigenvalue weighted by molar-refractivity contribution is 6.32. The molecule has 0 radical (unpaired) electrons. The molecule has 0 saturated heterocycles. The Hall–Kier alpha value is -3.46. The molecule has 132 valence electrons. The number of nitrogens with one attached hydrogen (secondary N) is 1. The van der Waals surface area contributed by atoms with Crippen molar-refractivity contribution in [1.82, 2.24) is 14.8 Å². The molecule has 3 rings (SSSR count). The van der Waals surface area contributed by atoms with Crippen molar-refractivity contribution in [2.75, 3.05) is 12.4 Å². The van der Waals surface area contributed by atoms with Crippen LogP contribution in [0.15, 0.2) is 49.1 Å². The maximum atomic E-state index is 12.4. The molecule has 0 unspecified atom stereocenters. The third-order valence-corrected chi connectivity index (χ3v) is 3.80. The number of nitro benzene ring substituents is 1. The molecule has 0 bridgehead atoms. The topological polar surface area (TPSA) is 112 Å². The predicted octanol–water partition coefficient (Wildman–Crippen LogP) is 3.09. The summed E-state index contributed by atoms with van der Waals surface area (Å²) in [6.45, 7) is 0. The van der Waals surface area contributed by atoms with Crippen LogP contribution in [0.4, 0.5) is 11.4 Å². The monoisotopic (exact) mass is 373 g/mol. The number of anilines is 1. The number of hydrogen-bond donors (Lipinski definition) is 1. The lowest BCUT2D eigenvalue weighted by molar-refractivity contribution is -0.384. The van der Waals surface area contributed by atoms with E-state index in [1.807, 2.05) is 0 Å². The first kappa shape index (κ1) is 17.4. The number of hydrogen-bond acceptors (Lipinski definition) is 6. The number of amides is 1. The summed E-state index contributed by atoms with van der Waals surface area (Å²) >= 11 is 6.02. The van der Waals surface area contributed by atoms with Crippen molar-refractivity contribution < 1.29 is 14.5 Å². The van der Waals surface area contributed by atoms with E-state index in [-0.39, 0.29) is 16.9 Å². The van der Waals surface area contributed by atoms with Gasteiger partial charge in [0.2, 0.25) is 0 Å². The van der Waals surface area contributed by atoms with Gasteiger partial charge in [-0.2, -0.15) is 5.10 Å². The number of methoxy groups -OCH3 is 1. The number of carbonyl (C=O) groups excluding carboxylic acids is 1. The molecule has 1 heterocycles. The Morgan fingerprint density at radius 1 is 1.31 bits per heavy atom. The minimum absolute atomic E-state index is 0.118. The fourth-order valence-corrected chi connectivity index (χ4v) is 2.54. The largest absolute Gasteiger partial charge is 0.495 e. The lowest BCUT2D eigenvalue weighted by Gasteiger charge is -2.09. The second-order valence-corrected chi connectivity index (χ2v) is 5.51. The van der Waals surface area contributed by atoms with Gasteiger partial charge in [0.1, 0.15) is 24.1 Å². The van der Waals surface area contributed by atoms with Crippen LogP contribution in [0.1, 0.15) is 10.4 Å². The average Bonchev–Trinajstić information content (AvgIpc) is 3.15. The van der Waals surface area contributed by atoms with Crippen LogP contribution in [0.5, 0.6) is 5.75 Å². The number of nitrogens with zero attached hydrogens (tertiary/aromatic N) is 4. The highest BCUT2D eigenvalue weighted by Gasteiger charge is 2.19. The summed E-state index contributed by atoms with van der Waals surface area (Å²) in [5.74, 6) is -0.0445. The number of carbonyl (C=O) groups is 1. The molecule has 0 saturated carbocycles. The maximum Gasteiger partial charge on any atom is 0.295 e. The van der Waals surface area contributed by atoms with E-state index in [1.54, 1.807) is 12.1 Å². The average molecular weight is 374 g/mol. The molecule has 10 heteroatoms. The second-order valence-electron chi connectivity index (χ2n) is 5.10. The van der Waals surface area contributed by atoms with E-state index in [0.29, 0.717) is 16.5 Å². The number of ether oxygens (including phenoxy) is 1. The van der Waals surface area contributed by atoms with Gasteiger partial charge in [-0.15, -0.1) is 0 Å². The molecule has 3 aromatic rings. The zero-order chi connectivity index (χ0) is 18.7. The molecule has 0 atom stereocenters. The molecule has 0 spiro atoms. The molecule has 1 N–H and O–H groups in total. The smallest absolute Gasteiger partial charge is 0.295 e. The molecule has 26 heavy (non-hydrogen) atoms. The molecular formula is C16H12ClN5O4. The van der Waals surface area contributed by atoms with Crippen LogP contribution in [-0.2, 0) is 0 Å². The fraction of sp³-hybridized carbons (Fsp3) is 0.0625. The van der Waals surface area contributed by atoms with Crippen molar-refractivity contribution in [3.05, 3.63) is 69.8 Å². The highest BCUT2D eigenvalue weighted by Crippen LogP contribution is 2.28. The van der Waals surface area contributed by atoms with Crippen molar-refractivity contribution in [3.63, 3.8) is 0 Å². The SMILES string of the molecule is COc1ccc(NC(=O)c2ccc(-n3cncn3)c([N+](=O)[O-])c2)cc1Cl. The molecular weight excluding hydrogens is 362 g/mol. The summed E-state index contributed by atoms with van der Waals surface area (Å²) in [6, 6.07) is 8.82. The van der Waals surface area contributed by atoms with Crippen LogP contribution in [0.25, 0.3) is 5.69 Å². The fourth-order valence-electron chi connectivity index (χ4n) is 2.28. The summed E-state index contributed by atoms with van der Waals surface area (Å²) < 4.78 is 6.30. The summed E-state index contributed by atoms with van der Waals surface area (Å²) in [5, 5.41) is 18.2. The zero-order valence-electron chi connectivity index (χ0n) is 13.4. The van der Waals surface area contributed by atoms with E-state index in [9.17, 15) is 14.9 Å². The van der Waals surface area contributed by atoms with Crippen LogP contribution in [-0.4, -0.2) is 32.7 Å². The third kappa shape index (κ3) is 3.47. The zero-order valence-corrected chi connectivity index (χ0v) is 14.2. The number of rotatable bonds is 5. The van der Waals surface area contributed by atoms with Crippen molar-refractivity contribution in [3.8, 4) is 11.4 Å². The van der Waals surface area contributed by atoms with Gasteiger partial charge in [0, 0.05) is 17.3 Å². The number of nitro groups is 1. The summed E-state index contributed by atoms with van der Waals surface area (Å²) in [7, 11) is 1.48. The first-order valence-electron chi connectivity index (χ1n) is 7.28. The standard InChI is InChI=1S/C16H12ClN5O4/c1-26-15-5-3-11(7-12(15)17)20-16(23)10-2-4-13(14(6-10)22(24)25)21-9-18-8-19-21/h2-9H,1H3,(H,20,23). The summed E-state index contributed by atoms with van der Waals surface area (Å²) in [5.41, 5.74) is 0.490. The lowest BCUT2D eigenvalue weighted by atomic mass is 10.1. The van der Waals surface area contributed by atoms with Crippen molar-refractivity contribution >= 4 is 28.9 Å². The minimum atomic E-state index is -0.585. The van der Waals surface area contributed by atoms with Crippen molar-refractivity contribution in [1.29, 1.82) is 0 Å². The predicted molar refractivity (Wildman–Crippen MR) is 94.0 cm³/mol. The second kappa shape index (κ2) is 7.19. The Labute approximate surface area is 152 Å². The molecule has 0 aliphatic carbocycles. The van der Waals surface area contributed by atoms with Gasteiger partial charge in [-0.3, -0.25) is 14.9 Å². The van der Waals surface area contributed by atoms with Crippen LogP contribution < -0.4 is 10.1 Å². The Morgan fingerprint density at radius 2 is 2.12 bits per heavy atom. The minimum Gasteiger partial charge on any atom is -0.495 e. The van der Waals surface area contributed by atoms with Gasteiger partial charge >= 0.3 is 0 Å². The number of benzene rings is 2. The van der Waals surface area contributed by atoms with E-state index in [1.165, 1.54) is 48.7 Å². The maximum absolute atomic E-state index is 12.4. The van der Waals surface area contributed by atoms with Gasteiger partial charge < -0.3 is 10.1 Å². The Balaban J connectivity index is 1.89. The van der Waals surface area contributed by atoms with E-state index >= 15 is 0 Å². The van der Waals surface area contributed by atoms with Gasteiger partial charge in [0.15, 0.2) is 0 Å². The van der Waals surface area contributed by atoms with E-state index in [0.717, 1.165) is 0 Å². The van der Waals surface area contributed by atoms with Crippen LogP contribution >= 0.6 is 11.6 Å². The summed E-state index contributed by atoms with van der Waals surface area (Å²) in [6.07, 6.45) is 2.60. The molecule has 0 fully saturated rings. The van der Waals surface area contributed by atoms with E-state index in [2.05, 4.69) is 15.4 Å². The summed E-state index contributed by atoms with van der Waals surface area (Å²) in [4.78, 5) is 26.9. The normalized spacial score (nSPS) is 10.4. The molecule has 2 aromatic carbocycles. The molecule has 0 aliphatic heterocycles. The van der Waals surface area contributed by atoms with Crippen LogP contribution in [0.3, 0.4) is 0 Å². The van der Waals surface area contributed by atoms with Crippen LogP contribution in [0.2, 0.25) is 5.02 Å². The molecule has 1 amide bonds.